The Morgan fingerprint density at radius 1 is 1.36 bits per heavy atom. The van der Waals surface area contributed by atoms with Gasteiger partial charge in [0.2, 0.25) is 0 Å². The largest absolute Gasteiger partial charge is 0.365 e. The van der Waals surface area contributed by atoms with E-state index >= 15 is 0 Å². The van der Waals surface area contributed by atoms with Gasteiger partial charge in [0, 0.05) is 18.0 Å². The minimum absolute atomic E-state index is 0.0112. The Bertz CT molecular complexity index is 318. The Morgan fingerprint density at radius 3 is 2.50 bits per heavy atom. The summed E-state index contributed by atoms with van der Waals surface area (Å²) in [5.74, 6) is 1.55. The normalized spacial score (nSPS) is 11.5. The monoisotopic (exact) mass is 213 g/mol. The van der Waals surface area contributed by atoms with Gasteiger partial charge < -0.3 is 5.32 Å². The van der Waals surface area contributed by atoms with Gasteiger partial charge in [0.15, 0.2) is 0 Å². The summed E-state index contributed by atoms with van der Waals surface area (Å²) in [4.78, 5) is 8.43. The van der Waals surface area contributed by atoms with E-state index in [9.17, 15) is 0 Å². The van der Waals surface area contributed by atoms with Crippen molar-refractivity contribution in [2.24, 2.45) is 0 Å². The molecule has 0 aromatic carbocycles. The molecule has 1 aromatic rings. The molecule has 0 atom stereocenters. The van der Waals surface area contributed by atoms with Crippen molar-refractivity contribution in [2.45, 2.75) is 39.7 Å². The van der Waals surface area contributed by atoms with E-state index in [1.807, 2.05) is 6.92 Å². The third-order valence-electron chi connectivity index (χ3n) is 1.56. The van der Waals surface area contributed by atoms with Crippen molar-refractivity contribution in [3.63, 3.8) is 0 Å². The lowest BCUT2D eigenvalue weighted by Gasteiger charge is -2.21. The zero-order chi connectivity index (χ0) is 10.8. The Labute approximate surface area is 89.9 Å². The van der Waals surface area contributed by atoms with Gasteiger partial charge in [0.25, 0.3) is 0 Å². The van der Waals surface area contributed by atoms with Crippen molar-refractivity contribution >= 4 is 17.4 Å². The molecule has 0 aliphatic rings. The van der Waals surface area contributed by atoms with Gasteiger partial charge in [-0.1, -0.05) is 18.5 Å². The highest BCUT2D eigenvalue weighted by Gasteiger charge is 2.11. The number of rotatable bonds is 2. The van der Waals surface area contributed by atoms with Gasteiger partial charge in [0.05, 0.1) is 0 Å². The molecule has 1 N–H and O–H groups in total. The predicted octanol–water partition coefficient (Wildman–Crippen LogP) is 2.90. The van der Waals surface area contributed by atoms with Gasteiger partial charge in [0.1, 0.15) is 16.8 Å². The summed E-state index contributed by atoms with van der Waals surface area (Å²) in [5.41, 5.74) is -0.0112. The fourth-order valence-corrected chi connectivity index (χ4v) is 1.27. The van der Waals surface area contributed by atoms with Crippen LogP contribution in [-0.2, 0) is 6.42 Å². The molecule has 0 fully saturated rings. The number of anilines is 1. The van der Waals surface area contributed by atoms with E-state index in [2.05, 4.69) is 36.1 Å². The van der Waals surface area contributed by atoms with E-state index in [0.717, 1.165) is 18.1 Å². The fourth-order valence-electron chi connectivity index (χ4n) is 1.07. The number of hydrogen-bond acceptors (Lipinski definition) is 3. The van der Waals surface area contributed by atoms with Gasteiger partial charge in [-0.05, 0) is 20.8 Å². The van der Waals surface area contributed by atoms with Gasteiger partial charge in [-0.3, -0.25) is 0 Å². The molecule has 14 heavy (non-hydrogen) atoms. The first kappa shape index (κ1) is 11.2. The highest BCUT2D eigenvalue weighted by molar-refractivity contribution is 6.29. The molecule has 78 valence electrons. The van der Waals surface area contributed by atoms with Crippen LogP contribution >= 0.6 is 11.6 Å². The van der Waals surface area contributed by atoms with E-state index < -0.39 is 0 Å². The van der Waals surface area contributed by atoms with Crippen molar-refractivity contribution < 1.29 is 0 Å². The average molecular weight is 214 g/mol. The van der Waals surface area contributed by atoms with Gasteiger partial charge in [-0.2, -0.15) is 0 Å². The van der Waals surface area contributed by atoms with Crippen LogP contribution in [0.25, 0.3) is 0 Å². The number of aryl methyl sites for hydroxylation is 1. The molecule has 0 bridgehead atoms. The van der Waals surface area contributed by atoms with E-state index in [0.29, 0.717) is 5.15 Å². The Hall–Kier alpha value is -0.830. The molecule has 0 saturated carbocycles. The molecule has 3 nitrogen and oxygen atoms in total. The van der Waals surface area contributed by atoms with Crippen molar-refractivity contribution in [3.05, 3.63) is 17.0 Å². The zero-order valence-corrected chi connectivity index (χ0v) is 9.81. The first-order valence-corrected chi connectivity index (χ1v) is 5.10. The molecule has 4 heteroatoms. The summed E-state index contributed by atoms with van der Waals surface area (Å²) in [6.07, 6.45) is 0.791. The van der Waals surface area contributed by atoms with Crippen LogP contribution < -0.4 is 5.32 Å². The molecule has 1 rings (SSSR count). The summed E-state index contributed by atoms with van der Waals surface area (Å²) in [7, 11) is 0. The summed E-state index contributed by atoms with van der Waals surface area (Å²) >= 11 is 5.87. The quantitative estimate of drug-likeness (QED) is 0.768. The second-order valence-electron chi connectivity index (χ2n) is 4.22. The fraction of sp³-hybridized carbons (Fsp3) is 0.600. The summed E-state index contributed by atoms with van der Waals surface area (Å²) in [5, 5.41) is 3.75. The molecule has 0 amide bonds. The second-order valence-corrected chi connectivity index (χ2v) is 4.61. The lowest BCUT2D eigenvalue weighted by molar-refractivity contribution is 0.629. The minimum atomic E-state index is -0.0112. The number of nitrogens with one attached hydrogen (secondary N) is 1. The van der Waals surface area contributed by atoms with Crippen molar-refractivity contribution in [1.82, 2.24) is 9.97 Å². The van der Waals surface area contributed by atoms with Crippen LogP contribution in [0.4, 0.5) is 5.82 Å². The number of hydrogen-bond donors (Lipinski definition) is 1. The SMILES string of the molecule is CCc1nc(Cl)cc(NC(C)(C)C)n1. The Morgan fingerprint density at radius 2 is 2.00 bits per heavy atom. The number of nitrogens with zero attached hydrogens (tertiary/aromatic N) is 2. The van der Waals surface area contributed by atoms with Crippen LogP contribution in [0.5, 0.6) is 0 Å². The molecular weight excluding hydrogens is 198 g/mol. The minimum Gasteiger partial charge on any atom is -0.365 e. The molecule has 0 aliphatic heterocycles. The van der Waals surface area contributed by atoms with Gasteiger partial charge >= 0.3 is 0 Å². The van der Waals surface area contributed by atoms with Gasteiger partial charge in [-0.15, -0.1) is 0 Å². The molecule has 1 heterocycles. The smallest absolute Gasteiger partial charge is 0.134 e. The van der Waals surface area contributed by atoms with Crippen molar-refractivity contribution in [2.75, 3.05) is 5.32 Å². The van der Waals surface area contributed by atoms with Crippen LogP contribution in [0.3, 0.4) is 0 Å². The van der Waals surface area contributed by atoms with Gasteiger partial charge in [-0.25, -0.2) is 9.97 Å². The summed E-state index contributed by atoms with van der Waals surface area (Å²) < 4.78 is 0. The summed E-state index contributed by atoms with van der Waals surface area (Å²) in [6.45, 7) is 8.24. The molecule has 1 aromatic heterocycles. The average Bonchev–Trinajstić information content (AvgIpc) is 1.99. The van der Waals surface area contributed by atoms with E-state index in [4.69, 9.17) is 11.6 Å². The summed E-state index contributed by atoms with van der Waals surface area (Å²) in [6, 6.07) is 1.74. The first-order valence-electron chi connectivity index (χ1n) is 4.72. The molecule has 0 unspecified atom stereocenters. The third kappa shape index (κ3) is 3.50. The third-order valence-corrected chi connectivity index (χ3v) is 1.75. The maximum atomic E-state index is 5.87. The van der Waals surface area contributed by atoms with Crippen LogP contribution in [0.15, 0.2) is 6.07 Å². The van der Waals surface area contributed by atoms with Crippen LogP contribution in [0.2, 0.25) is 5.15 Å². The lowest BCUT2D eigenvalue weighted by atomic mass is 10.1. The molecule has 0 aliphatic carbocycles. The van der Waals surface area contributed by atoms with Crippen LogP contribution in [0, 0.1) is 0 Å². The highest BCUT2D eigenvalue weighted by Crippen LogP contribution is 2.16. The molecule has 0 radical (unpaired) electrons. The Balaban J connectivity index is 2.92. The van der Waals surface area contributed by atoms with Crippen molar-refractivity contribution in [1.29, 1.82) is 0 Å². The van der Waals surface area contributed by atoms with E-state index in [1.165, 1.54) is 0 Å². The molecular formula is C10H16ClN3. The van der Waals surface area contributed by atoms with Crippen LogP contribution in [0.1, 0.15) is 33.5 Å². The topological polar surface area (TPSA) is 37.8 Å². The molecule has 0 saturated heterocycles. The number of halogens is 1. The zero-order valence-electron chi connectivity index (χ0n) is 9.06. The van der Waals surface area contributed by atoms with Crippen molar-refractivity contribution in [3.8, 4) is 0 Å². The van der Waals surface area contributed by atoms with E-state index in [1.54, 1.807) is 6.07 Å². The lowest BCUT2D eigenvalue weighted by Crippen LogP contribution is -2.26. The Kier molecular flexibility index (Phi) is 3.32. The molecule has 0 spiro atoms. The number of aromatic nitrogens is 2. The van der Waals surface area contributed by atoms with Crippen LogP contribution in [-0.4, -0.2) is 15.5 Å². The van der Waals surface area contributed by atoms with E-state index in [-0.39, 0.29) is 5.54 Å². The standard InChI is InChI=1S/C10H16ClN3/c1-5-8-12-7(11)6-9(13-8)14-10(2,3)4/h6H,5H2,1-4H3,(H,12,13,14). The maximum absolute atomic E-state index is 5.87. The highest BCUT2D eigenvalue weighted by atomic mass is 35.5. The first-order chi connectivity index (χ1) is 6.40. The second kappa shape index (κ2) is 4.13. The maximum Gasteiger partial charge on any atom is 0.134 e. The predicted molar refractivity (Wildman–Crippen MR) is 59.8 cm³/mol.